The van der Waals surface area contributed by atoms with Crippen LogP contribution in [0.5, 0.6) is 0 Å². The van der Waals surface area contributed by atoms with E-state index in [2.05, 4.69) is 15.0 Å². The Kier molecular flexibility index (Phi) is 4.80. The first kappa shape index (κ1) is 17.1. The van der Waals surface area contributed by atoms with E-state index >= 15 is 0 Å². The van der Waals surface area contributed by atoms with Crippen LogP contribution in [0.4, 0.5) is 0 Å². The summed E-state index contributed by atoms with van der Waals surface area (Å²) in [6, 6.07) is 4.64. The minimum Gasteiger partial charge on any atom is -0.469 e. The van der Waals surface area contributed by atoms with Crippen LogP contribution in [0.1, 0.15) is 17.7 Å². The number of quaternary nitrogens is 1. The van der Waals surface area contributed by atoms with E-state index in [1.807, 2.05) is 13.0 Å². The lowest BCUT2D eigenvalue weighted by Gasteiger charge is -2.31. The monoisotopic (exact) mass is 345 g/mol. The molecular weight excluding hydrogens is 324 g/mol. The van der Waals surface area contributed by atoms with Gasteiger partial charge in [-0.15, -0.1) is 0 Å². The van der Waals surface area contributed by atoms with E-state index in [0.29, 0.717) is 31.0 Å². The summed E-state index contributed by atoms with van der Waals surface area (Å²) >= 11 is 0. The molecule has 25 heavy (non-hydrogen) atoms. The predicted molar refractivity (Wildman–Crippen MR) is 89.2 cm³/mol. The van der Waals surface area contributed by atoms with E-state index in [9.17, 15) is 14.4 Å². The van der Waals surface area contributed by atoms with Crippen molar-refractivity contribution in [2.24, 2.45) is 0 Å². The average molecular weight is 345 g/mol. The third-order valence-electron chi connectivity index (χ3n) is 4.42. The SMILES string of the molecule is COC(=O)C[C@H]1C(=O)NCC[NH+]1Cc1cc(=O)n2cc(C)ccc2n1. The van der Waals surface area contributed by atoms with Crippen molar-refractivity contribution in [2.75, 3.05) is 20.2 Å². The fourth-order valence-corrected chi connectivity index (χ4v) is 3.11. The molecule has 0 spiro atoms. The molecule has 1 aliphatic rings. The number of esters is 1. The smallest absolute Gasteiger partial charge is 0.312 e. The zero-order valence-electron chi connectivity index (χ0n) is 14.2. The number of nitrogens with zero attached hydrogens (tertiary/aromatic N) is 2. The maximum atomic E-state index is 12.3. The molecular formula is C17H21N4O4+. The molecule has 2 aromatic rings. The number of rotatable bonds is 4. The number of aryl methyl sites for hydroxylation is 1. The minimum atomic E-state index is -0.542. The highest BCUT2D eigenvalue weighted by Gasteiger charge is 2.36. The maximum Gasteiger partial charge on any atom is 0.312 e. The normalized spacial score (nSPS) is 20.3. The Morgan fingerprint density at radius 3 is 3.00 bits per heavy atom. The van der Waals surface area contributed by atoms with Crippen molar-refractivity contribution in [3.63, 3.8) is 0 Å². The Labute approximate surface area is 144 Å². The van der Waals surface area contributed by atoms with Crippen molar-refractivity contribution >= 4 is 17.5 Å². The number of pyridine rings is 1. The molecule has 3 heterocycles. The zero-order chi connectivity index (χ0) is 18.0. The van der Waals surface area contributed by atoms with Crippen LogP contribution in [0.25, 0.3) is 5.65 Å². The molecule has 0 bridgehead atoms. The molecule has 8 nitrogen and oxygen atoms in total. The number of amides is 1. The second kappa shape index (κ2) is 7.02. The van der Waals surface area contributed by atoms with Crippen molar-refractivity contribution in [3.8, 4) is 0 Å². The Morgan fingerprint density at radius 1 is 1.44 bits per heavy atom. The van der Waals surface area contributed by atoms with Crippen LogP contribution in [0.15, 0.2) is 29.2 Å². The summed E-state index contributed by atoms with van der Waals surface area (Å²) in [5.74, 6) is -0.610. The summed E-state index contributed by atoms with van der Waals surface area (Å²) in [6.45, 7) is 3.49. The Bertz CT molecular complexity index is 877. The summed E-state index contributed by atoms with van der Waals surface area (Å²) in [7, 11) is 1.30. The number of carbonyl (C=O) groups excluding carboxylic acids is 2. The summed E-state index contributed by atoms with van der Waals surface area (Å²) in [5, 5.41) is 2.77. The molecule has 8 heteroatoms. The number of hydrogen-bond donors (Lipinski definition) is 2. The molecule has 2 N–H and O–H groups in total. The third kappa shape index (κ3) is 3.69. The van der Waals surface area contributed by atoms with Gasteiger partial charge in [-0.3, -0.25) is 18.8 Å². The molecule has 2 atom stereocenters. The summed E-state index contributed by atoms with van der Waals surface area (Å²) < 4.78 is 6.19. The van der Waals surface area contributed by atoms with Gasteiger partial charge in [0, 0.05) is 12.3 Å². The Morgan fingerprint density at radius 2 is 2.24 bits per heavy atom. The van der Waals surface area contributed by atoms with Crippen LogP contribution < -0.4 is 15.8 Å². The Hall–Kier alpha value is -2.74. The lowest BCUT2D eigenvalue weighted by atomic mass is 10.1. The molecule has 0 radical (unpaired) electrons. The predicted octanol–water partition coefficient (Wildman–Crippen LogP) is -1.55. The van der Waals surface area contributed by atoms with Gasteiger partial charge in [-0.2, -0.15) is 0 Å². The zero-order valence-corrected chi connectivity index (χ0v) is 14.2. The molecule has 3 rings (SSSR count). The number of hydrogen-bond acceptors (Lipinski definition) is 5. The van der Waals surface area contributed by atoms with Crippen molar-refractivity contribution in [1.82, 2.24) is 14.7 Å². The van der Waals surface area contributed by atoms with Crippen LogP contribution in [0, 0.1) is 6.92 Å². The van der Waals surface area contributed by atoms with Gasteiger partial charge in [-0.1, -0.05) is 6.07 Å². The fraction of sp³-hybridized carbons (Fsp3) is 0.412. The highest BCUT2D eigenvalue weighted by atomic mass is 16.5. The number of nitrogens with one attached hydrogen (secondary N) is 2. The number of fused-ring (bicyclic) bond motifs is 1. The second-order valence-corrected chi connectivity index (χ2v) is 6.23. The standard InChI is InChI=1S/C17H20N4O4/c1-11-3-4-14-19-12(7-15(22)21(14)9-11)10-20-6-5-18-17(24)13(20)8-16(23)25-2/h3-4,7,9,13H,5-6,8,10H2,1-2H3,(H,18,24)/p+1/t13-/m0/s1. The van der Waals surface area contributed by atoms with Gasteiger partial charge in [0.15, 0.2) is 6.04 Å². The van der Waals surface area contributed by atoms with Gasteiger partial charge in [0.1, 0.15) is 24.3 Å². The van der Waals surface area contributed by atoms with Gasteiger partial charge in [-0.05, 0) is 18.6 Å². The van der Waals surface area contributed by atoms with E-state index < -0.39 is 12.0 Å². The van der Waals surface area contributed by atoms with Crippen molar-refractivity contribution in [3.05, 3.63) is 46.0 Å². The Balaban J connectivity index is 1.87. The molecule has 0 aliphatic carbocycles. The first-order valence-electron chi connectivity index (χ1n) is 8.16. The number of carbonyl (C=O) groups is 2. The van der Waals surface area contributed by atoms with Gasteiger partial charge >= 0.3 is 5.97 Å². The lowest BCUT2D eigenvalue weighted by molar-refractivity contribution is -0.931. The first-order valence-corrected chi connectivity index (χ1v) is 8.16. The first-order chi connectivity index (χ1) is 12.0. The number of methoxy groups -OCH3 is 1. The number of piperazine rings is 1. The molecule has 0 saturated carbocycles. The minimum absolute atomic E-state index is 0.00340. The highest BCUT2D eigenvalue weighted by molar-refractivity contribution is 5.85. The van der Waals surface area contributed by atoms with Crippen molar-refractivity contribution in [2.45, 2.75) is 25.9 Å². The van der Waals surface area contributed by atoms with Crippen LogP contribution in [0.2, 0.25) is 0 Å². The van der Waals surface area contributed by atoms with E-state index in [0.717, 1.165) is 10.5 Å². The summed E-state index contributed by atoms with van der Waals surface area (Å²) in [4.78, 5) is 41.5. The van der Waals surface area contributed by atoms with Crippen LogP contribution in [0.3, 0.4) is 0 Å². The summed E-state index contributed by atoms with van der Waals surface area (Å²) in [5.41, 5.74) is 1.99. The molecule has 1 amide bonds. The quantitative estimate of drug-likeness (QED) is 0.655. The number of ether oxygens (including phenoxy) is 1. The number of aromatic nitrogens is 2. The second-order valence-electron chi connectivity index (χ2n) is 6.23. The molecule has 2 aromatic heterocycles. The van der Waals surface area contributed by atoms with Gasteiger partial charge in [0.25, 0.3) is 11.5 Å². The van der Waals surface area contributed by atoms with Crippen LogP contribution in [-0.4, -0.2) is 47.5 Å². The van der Waals surface area contributed by atoms with E-state index in [1.165, 1.54) is 17.6 Å². The van der Waals surface area contributed by atoms with Crippen LogP contribution in [-0.2, 0) is 20.9 Å². The third-order valence-corrected chi connectivity index (χ3v) is 4.42. The lowest BCUT2D eigenvalue weighted by Crippen LogP contribution is -3.18. The molecule has 1 fully saturated rings. The highest BCUT2D eigenvalue weighted by Crippen LogP contribution is 2.03. The topological polar surface area (TPSA) is 94.2 Å². The molecule has 1 saturated heterocycles. The van der Waals surface area contributed by atoms with Gasteiger partial charge in [-0.25, -0.2) is 4.98 Å². The molecule has 1 unspecified atom stereocenters. The van der Waals surface area contributed by atoms with Gasteiger partial charge in [0.05, 0.1) is 20.2 Å². The van der Waals surface area contributed by atoms with Crippen LogP contribution >= 0.6 is 0 Å². The summed E-state index contributed by atoms with van der Waals surface area (Å²) in [6.07, 6.45) is 1.75. The molecule has 132 valence electrons. The van der Waals surface area contributed by atoms with Gasteiger partial charge in [0.2, 0.25) is 0 Å². The van der Waals surface area contributed by atoms with Gasteiger partial charge < -0.3 is 15.0 Å². The maximum absolute atomic E-state index is 12.3. The molecule has 0 aromatic carbocycles. The van der Waals surface area contributed by atoms with E-state index in [4.69, 9.17) is 0 Å². The van der Waals surface area contributed by atoms with Crippen molar-refractivity contribution < 1.29 is 19.2 Å². The fourth-order valence-electron chi connectivity index (χ4n) is 3.11. The van der Waals surface area contributed by atoms with E-state index in [1.54, 1.807) is 12.3 Å². The average Bonchev–Trinajstić information content (AvgIpc) is 2.58. The largest absolute Gasteiger partial charge is 0.469 e. The molecule has 1 aliphatic heterocycles. The van der Waals surface area contributed by atoms with E-state index in [-0.39, 0.29) is 17.9 Å². The van der Waals surface area contributed by atoms with Crippen molar-refractivity contribution in [1.29, 1.82) is 0 Å².